The van der Waals surface area contributed by atoms with Crippen molar-refractivity contribution in [2.75, 3.05) is 59.2 Å². The Morgan fingerprint density at radius 2 is 1.63 bits per heavy atom. The number of nitrogens with zero attached hydrogens (tertiary/aromatic N) is 1. The molecule has 1 saturated carbocycles. The van der Waals surface area contributed by atoms with Gasteiger partial charge in [0.25, 0.3) is 5.91 Å². The van der Waals surface area contributed by atoms with Crippen molar-refractivity contribution in [3.05, 3.63) is 59.2 Å². The number of benzene rings is 2. The molecule has 3 atom stereocenters. The first-order valence-corrected chi connectivity index (χ1v) is 21.7. The second-order valence-electron chi connectivity index (χ2n) is 13.3. The molecular formula is C42H71FN2O8S. The summed E-state index contributed by atoms with van der Waals surface area (Å²) in [6.45, 7) is 17.2. The Balaban J connectivity index is 0.00000174. The molecule has 2 aliphatic rings. The van der Waals surface area contributed by atoms with Crippen molar-refractivity contribution in [2.45, 2.75) is 118 Å². The van der Waals surface area contributed by atoms with Gasteiger partial charge < -0.3 is 24.6 Å². The van der Waals surface area contributed by atoms with Gasteiger partial charge in [-0.3, -0.25) is 9.69 Å². The van der Waals surface area contributed by atoms with Crippen LogP contribution in [0.4, 0.5) is 4.39 Å². The summed E-state index contributed by atoms with van der Waals surface area (Å²) in [5.41, 5.74) is 4.04. The number of alkyl halides is 1. The molecule has 12 heteroatoms. The Morgan fingerprint density at radius 3 is 2.17 bits per heavy atom. The van der Waals surface area contributed by atoms with Crippen LogP contribution in [0.25, 0.3) is 11.1 Å². The van der Waals surface area contributed by atoms with E-state index in [2.05, 4.69) is 15.0 Å². The molecule has 310 valence electrons. The molecular weight excluding hydrogens is 712 g/mol. The lowest BCUT2D eigenvalue weighted by Crippen LogP contribution is -2.42. The van der Waals surface area contributed by atoms with E-state index in [0.717, 1.165) is 61.2 Å². The summed E-state index contributed by atoms with van der Waals surface area (Å²) in [5, 5.41) is 12.2. The van der Waals surface area contributed by atoms with Crippen LogP contribution in [0.5, 0.6) is 0 Å². The second kappa shape index (κ2) is 29.4. The summed E-state index contributed by atoms with van der Waals surface area (Å²) in [7, 11) is -0.119. The number of sulfone groups is 1. The number of likely N-dealkylation sites (tertiary alicyclic amines) is 1. The molecule has 3 unspecified atom stereocenters. The Hall–Kier alpha value is -2.90. The normalized spacial score (nSPS) is 16.8. The Bertz CT molecular complexity index is 1420. The third kappa shape index (κ3) is 20.7. The summed E-state index contributed by atoms with van der Waals surface area (Å²) >= 11 is 0. The SMILES string of the molecule is CC.CC.CCOC(C)CF.COC.Cc1ccccc1-c1cc(CN2CCC(OCC3CCCCC3)C2)ccc1C(=O)NC(CCS(C)(=O)=O)C(=O)O. The molecule has 2 aromatic rings. The predicted molar refractivity (Wildman–Crippen MR) is 219 cm³/mol. The first-order valence-electron chi connectivity index (χ1n) is 19.6. The monoisotopic (exact) mass is 782 g/mol. The van der Waals surface area contributed by atoms with Crippen LogP contribution in [-0.2, 0) is 35.4 Å². The quantitative estimate of drug-likeness (QED) is 0.184. The molecule has 0 radical (unpaired) electrons. The largest absolute Gasteiger partial charge is 0.480 e. The Labute approximate surface area is 326 Å². The summed E-state index contributed by atoms with van der Waals surface area (Å²) in [6.07, 6.45) is 8.45. The number of amides is 1. The lowest BCUT2D eigenvalue weighted by molar-refractivity contribution is -0.139. The lowest BCUT2D eigenvalue weighted by Gasteiger charge is -2.23. The minimum absolute atomic E-state index is 0.198. The maximum Gasteiger partial charge on any atom is 0.326 e. The van der Waals surface area contributed by atoms with Crippen LogP contribution in [0.15, 0.2) is 42.5 Å². The third-order valence-corrected chi connectivity index (χ3v) is 9.72. The van der Waals surface area contributed by atoms with E-state index in [4.69, 9.17) is 9.47 Å². The van der Waals surface area contributed by atoms with Gasteiger partial charge in [0.2, 0.25) is 0 Å². The van der Waals surface area contributed by atoms with E-state index in [-0.39, 0.29) is 31.1 Å². The Morgan fingerprint density at radius 1 is 1.00 bits per heavy atom. The summed E-state index contributed by atoms with van der Waals surface area (Å²) in [4.78, 5) is 27.5. The van der Waals surface area contributed by atoms with Gasteiger partial charge in [0, 0.05) is 58.9 Å². The fraction of sp³-hybridized carbons (Fsp3) is 0.667. The van der Waals surface area contributed by atoms with E-state index in [1.54, 1.807) is 27.2 Å². The van der Waals surface area contributed by atoms with Gasteiger partial charge in [-0.25, -0.2) is 17.6 Å². The van der Waals surface area contributed by atoms with E-state index >= 15 is 0 Å². The minimum atomic E-state index is -3.37. The first kappa shape index (κ1) is 51.1. The molecule has 1 aliphatic heterocycles. The molecule has 2 aromatic carbocycles. The van der Waals surface area contributed by atoms with Gasteiger partial charge in [-0.1, -0.05) is 77.3 Å². The maximum atomic E-state index is 13.3. The number of carbonyl (C=O) groups is 2. The van der Waals surface area contributed by atoms with E-state index in [9.17, 15) is 27.5 Å². The van der Waals surface area contributed by atoms with Crippen LogP contribution >= 0.6 is 0 Å². The maximum absolute atomic E-state index is 13.3. The second-order valence-corrected chi connectivity index (χ2v) is 15.5. The molecule has 1 aliphatic carbocycles. The first-order chi connectivity index (χ1) is 25.8. The topological polar surface area (TPSA) is 131 Å². The fourth-order valence-corrected chi connectivity index (χ4v) is 6.76. The summed E-state index contributed by atoms with van der Waals surface area (Å²) in [6, 6.07) is 12.2. The van der Waals surface area contributed by atoms with Gasteiger partial charge in [0.1, 0.15) is 22.6 Å². The number of hydrogen-bond acceptors (Lipinski definition) is 8. The predicted octanol–water partition coefficient (Wildman–Crippen LogP) is 8.15. The lowest BCUT2D eigenvalue weighted by atomic mass is 9.90. The van der Waals surface area contributed by atoms with Crippen LogP contribution in [0.2, 0.25) is 0 Å². The fourth-order valence-electron chi connectivity index (χ4n) is 6.10. The van der Waals surface area contributed by atoms with Crippen molar-refractivity contribution in [2.24, 2.45) is 5.92 Å². The van der Waals surface area contributed by atoms with Crippen molar-refractivity contribution < 1.29 is 41.7 Å². The minimum Gasteiger partial charge on any atom is -0.480 e. The number of carboxylic acids is 1. The van der Waals surface area contributed by atoms with Gasteiger partial charge in [-0.15, -0.1) is 0 Å². The molecule has 0 aromatic heterocycles. The average Bonchev–Trinajstić information content (AvgIpc) is 3.61. The van der Waals surface area contributed by atoms with Crippen molar-refractivity contribution in [1.29, 1.82) is 0 Å². The number of hydrogen-bond donors (Lipinski definition) is 2. The zero-order valence-electron chi connectivity index (χ0n) is 34.8. The highest BCUT2D eigenvalue weighted by molar-refractivity contribution is 7.90. The molecule has 2 N–H and O–H groups in total. The Kier molecular flexibility index (Phi) is 27.8. The molecule has 0 spiro atoms. The molecule has 1 heterocycles. The number of nitrogens with one attached hydrogen (secondary N) is 1. The average molecular weight is 783 g/mol. The van der Waals surface area contributed by atoms with Crippen LogP contribution in [-0.4, -0.2) is 108 Å². The van der Waals surface area contributed by atoms with E-state index in [1.165, 1.54) is 32.1 Å². The van der Waals surface area contributed by atoms with Crippen molar-refractivity contribution in [3.8, 4) is 11.1 Å². The highest BCUT2D eigenvalue weighted by Crippen LogP contribution is 2.30. The number of halogens is 1. The van der Waals surface area contributed by atoms with Crippen molar-refractivity contribution in [1.82, 2.24) is 10.2 Å². The number of rotatable bonds is 15. The standard InChI is InChI=1S/C31H42N2O6S.C5H11FO.C2H6O.2C2H6/c1-22-8-6-7-11-26(22)28-18-24(19-33-16-14-25(20-33)39-21-23-9-4-3-5-10-23)12-13-27(28)30(34)32-29(31(35)36)15-17-40(2,37)38;1-3-7-5(2)4-6;1-3-2;2*1-2/h6-8,11-13,18,23,25,29H,3-5,9-10,14-17,19-21H2,1-2H3,(H,32,34)(H,35,36);5H,3-4H2,1-2H3;1-2H3;2*1-2H3. The van der Waals surface area contributed by atoms with Crippen LogP contribution < -0.4 is 5.32 Å². The zero-order chi connectivity index (χ0) is 41.1. The van der Waals surface area contributed by atoms with Crippen LogP contribution in [0.1, 0.15) is 108 Å². The van der Waals surface area contributed by atoms with E-state index in [0.29, 0.717) is 18.1 Å². The van der Waals surface area contributed by atoms with E-state index < -0.39 is 27.8 Å². The number of carboxylic acid groups (broad SMARTS) is 1. The molecule has 4 rings (SSSR count). The van der Waals surface area contributed by atoms with Crippen molar-refractivity contribution >= 4 is 21.7 Å². The number of aryl methyl sites for hydroxylation is 1. The molecule has 1 amide bonds. The highest BCUT2D eigenvalue weighted by atomic mass is 32.2. The summed E-state index contributed by atoms with van der Waals surface area (Å²) in [5.74, 6) is -1.43. The molecule has 54 heavy (non-hydrogen) atoms. The smallest absolute Gasteiger partial charge is 0.326 e. The van der Waals surface area contributed by atoms with E-state index in [1.807, 2.05) is 77.9 Å². The van der Waals surface area contributed by atoms with Crippen LogP contribution in [0, 0.1) is 12.8 Å². The molecule has 0 bridgehead atoms. The number of ether oxygens (including phenoxy) is 3. The molecule has 10 nitrogen and oxygen atoms in total. The van der Waals surface area contributed by atoms with Gasteiger partial charge in [0.05, 0.1) is 18.0 Å². The third-order valence-electron chi connectivity index (χ3n) is 8.74. The van der Waals surface area contributed by atoms with Gasteiger partial charge in [0.15, 0.2) is 0 Å². The highest BCUT2D eigenvalue weighted by Gasteiger charge is 2.27. The summed E-state index contributed by atoms with van der Waals surface area (Å²) < 4.78 is 50.0. The zero-order valence-corrected chi connectivity index (χ0v) is 35.6. The molecule has 2 fully saturated rings. The van der Waals surface area contributed by atoms with Crippen LogP contribution in [0.3, 0.4) is 0 Å². The number of carbonyl (C=O) groups excluding carboxylic acids is 1. The van der Waals surface area contributed by atoms with Crippen molar-refractivity contribution in [3.63, 3.8) is 0 Å². The van der Waals surface area contributed by atoms with Gasteiger partial charge >= 0.3 is 5.97 Å². The van der Waals surface area contributed by atoms with Gasteiger partial charge in [-0.05, 0) is 86.8 Å². The number of aliphatic carboxylic acids is 1. The van der Waals surface area contributed by atoms with Gasteiger partial charge in [-0.2, -0.15) is 0 Å². The molecule has 1 saturated heterocycles. The number of methoxy groups -OCH3 is 1.